The van der Waals surface area contributed by atoms with E-state index in [9.17, 15) is 0 Å². The molecular weight excluding hydrogens is 312 g/mol. The number of benzene rings is 3. The van der Waals surface area contributed by atoms with Crippen molar-refractivity contribution >= 4 is 0 Å². The average Bonchev–Trinajstić information content (AvgIpc) is 2.66. The molecule has 3 rings (SSSR count). The second-order valence-corrected chi connectivity index (χ2v) is 5.37. The lowest BCUT2D eigenvalue weighted by Gasteiger charge is -2.19. The molecule has 3 aromatic rings. The van der Waals surface area contributed by atoms with E-state index in [1.807, 2.05) is 42.5 Å². The van der Waals surface area contributed by atoms with E-state index in [1.165, 1.54) is 0 Å². The highest BCUT2D eigenvalue weighted by molar-refractivity contribution is 5.45. The summed E-state index contributed by atoms with van der Waals surface area (Å²) in [7, 11) is 0. The van der Waals surface area contributed by atoms with Crippen molar-refractivity contribution in [2.45, 2.75) is 5.92 Å². The Kier molecular flexibility index (Phi) is 4.95. The van der Waals surface area contributed by atoms with Gasteiger partial charge in [-0.15, -0.1) is 10.5 Å². The van der Waals surface area contributed by atoms with Gasteiger partial charge >= 0.3 is 0 Å². The van der Waals surface area contributed by atoms with Gasteiger partial charge in [-0.2, -0.15) is 0 Å². The number of hydrogen-bond donors (Lipinski definition) is 0. The van der Waals surface area contributed by atoms with E-state index in [0.717, 1.165) is 16.7 Å². The molecule has 3 aromatic carbocycles. The maximum absolute atomic E-state index is 8.62. The fourth-order valence-corrected chi connectivity index (χ4v) is 2.78. The van der Waals surface area contributed by atoms with Crippen LogP contribution in [0.4, 0.5) is 0 Å². The minimum absolute atomic E-state index is 0.0217. The number of nitriles is 2. The normalized spacial score (nSPS) is 9.88. The zero-order valence-electron chi connectivity index (χ0n) is 13.3. The predicted octanol–water partition coefficient (Wildman–Crippen LogP) is 4.59. The molecule has 0 fully saturated rings. The zero-order valence-corrected chi connectivity index (χ0v) is 13.3. The molecule has 0 N–H and O–H groups in total. The van der Waals surface area contributed by atoms with Gasteiger partial charge in [0, 0.05) is 5.92 Å². The highest BCUT2D eigenvalue weighted by Gasteiger charge is 2.17. The van der Waals surface area contributed by atoms with Gasteiger partial charge in [0.05, 0.1) is 0 Å². The molecule has 4 heteroatoms. The molecule has 0 unspecified atom stereocenters. The molecule has 0 heterocycles. The maximum Gasteiger partial charge on any atom is 0.292 e. The molecule has 0 saturated heterocycles. The minimum Gasteiger partial charge on any atom is -0.388 e. The fourth-order valence-electron chi connectivity index (χ4n) is 2.78. The number of nitrogens with zero attached hydrogens (tertiary/aromatic N) is 2. The average molecular weight is 326 g/mol. The summed E-state index contributed by atoms with van der Waals surface area (Å²) < 4.78 is 9.71. The molecule has 0 amide bonds. The second kappa shape index (κ2) is 7.68. The quantitative estimate of drug-likeness (QED) is 0.508. The van der Waals surface area contributed by atoms with Gasteiger partial charge in [-0.25, -0.2) is 0 Å². The Morgan fingerprint density at radius 2 is 0.960 bits per heavy atom. The summed E-state index contributed by atoms with van der Waals surface area (Å²) in [5.74, 6) is 1.04. The first kappa shape index (κ1) is 16.1. The second-order valence-electron chi connectivity index (χ2n) is 5.37. The van der Waals surface area contributed by atoms with Crippen molar-refractivity contribution in [3.8, 4) is 24.0 Å². The molecule has 0 atom stereocenters. The van der Waals surface area contributed by atoms with Gasteiger partial charge in [0.2, 0.25) is 0 Å². The molecule has 0 aliphatic rings. The Morgan fingerprint density at radius 3 is 1.36 bits per heavy atom. The third-order valence-electron chi connectivity index (χ3n) is 3.89. The molecule has 0 spiro atoms. The van der Waals surface area contributed by atoms with Crippen LogP contribution in [0.3, 0.4) is 0 Å². The summed E-state index contributed by atoms with van der Waals surface area (Å²) in [6.45, 7) is 0. The summed E-state index contributed by atoms with van der Waals surface area (Å²) in [5, 5.41) is 17.2. The van der Waals surface area contributed by atoms with Crippen LogP contribution in [0.2, 0.25) is 0 Å². The van der Waals surface area contributed by atoms with E-state index in [4.69, 9.17) is 20.0 Å². The number of rotatable bonds is 5. The molecule has 0 saturated carbocycles. The van der Waals surface area contributed by atoms with E-state index in [0.29, 0.717) is 11.5 Å². The van der Waals surface area contributed by atoms with Crippen LogP contribution in [-0.4, -0.2) is 0 Å². The fraction of sp³-hybridized carbons (Fsp3) is 0.0476. The summed E-state index contributed by atoms with van der Waals surface area (Å²) in [5.41, 5.74) is 3.29. The first-order valence-electron chi connectivity index (χ1n) is 7.68. The third-order valence-corrected chi connectivity index (χ3v) is 3.89. The minimum atomic E-state index is 0.0217. The summed E-state index contributed by atoms with van der Waals surface area (Å²) in [6.07, 6.45) is 3.35. The zero-order chi connectivity index (χ0) is 17.5. The first-order chi connectivity index (χ1) is 12.3. The van der Waals surface area contributed by atoms with E-state index < -0.39 is 0 Å². The first-order valence-corrected chi connectivity index (χ1v) is 7.68. The van der Waals surface area contributed by atoms with Gasteiger partial charge in [0.15, 0.2) is 0 Å². The van der Waals surface area contributed by atoms with E-state index in [1.54, 1.807) is 36.8 Å². The Hall–Kier alpha value is -3.76. The largest absolute Gasteiger partial charge is 0.388 e. The SMILES string of the molecule is N#COc1ccc(C(c2ccccc2)c2ccc(OC#N)cc2)cc1. The van der Waals surface area contributed by atoms with Gasteiger partial charge in [0.25, 0.3) is 12.5 Å². The van der Waals surface area contributed by atoms with E-state index >= 15 is 0 Å². The lowest BCUT2D eigenvalue weighted by molar-refractivity contribution is 0.507. The number of ether oxygens (including phenoxy) is 2. The molecule has 120 valence electrons. The molecule has 25 heavy (non-hydrogen) atoms. The van der Waals surface area contributed by atoms with Crippen LogP contribution >= 0.6 is 0 Å². The van der Waals surface area contributed by atoms with Crippen LogP contribution in [0, 0.1) is 23.0 Å². The lowest BCUT2D eigenvalue weighted by Crippen LogP contribution is -2.03. The van der Waals surface area contributed by atoms with Crippen molar-refractivity contribution in [3.05, 3.63) is 95.6 Å². The molecule has 0 aliphatic heterocycles. The van der Waals surface area contributed by atoms with Crippen molar-refractivity contribution in [1.82, 2.24) is 0 Å². The molecular formula is C21H14N2O2. The van der Waals surface area contributed by atoms with E-state index in [2.05, 4.69) is 12.1 Å². The van der Waals surface area contributed by atoms with Crippen LogP contribution in [0.5, 0.6) is 11.5 Å². The highest BCUT2D eigenvalue weighted by Crippen LogP contribution is 2.33. The Labute approximate surface area is 146 Å². The van der Waals surface area contributed by atoms with Crippen LogP contribution in [0.1, 0.15) is 22.6 Å². The van der Waals surface area contributed by atoms with Gasteiger partial charge in [-0.3, -0.25) is 0 Å². The standard InChI is InChI=1S/C21H14N2O2/c22-14-24-19-10-6-17(7-11-19)21(16-4-2-1-3-5-16)18-8-12-20(13-9-18)25-15-23/h1-13,21H. The summed E-state index contributed by atoms with van der Waals surface area (Å²) in [4.78, 5) is 0. The molecule has 0 aromatic heterocycles. The van der Waals surface area contributed by atoms with E-state index in [-0.39, 0.29) is 5.92 Å². The Balaban J connectivity index is 2.01. The van der Waals surface area contributed by atoms with Gasteiger partial charge in [-0.05, 0) is 41.0 Å². The summed E-state index contributed by atoms with van der Waals surface area (Å²) in [6, 6.07) is 25.0. The lowest BCUT2D eigenvalue weighted by atomic mass is 9.85. The monoisotopic (exact) mass is 326 g/mol. The van der Waals surface area contributed by atoms with Crippen molar-refractivity contribution in [2.24, 2.45) is 0 Å². The molecule has 0 radical (unpaired) electrons. The van der Waals surface area contributed by atoms with Crippen molar-refractivity contribution in [1.29, 1.82) is 10.5 Å². The van der Waals surface area contributed by atoms with Crippen LogP contribution in [0.15, 0.2) is 78.9 Å². The van der Waals surface area contributed by atoms with Crippen LogP contribution in [-0.2, 0) is 0 Å². The van der Waals surface area contributed by atoms with Crippen molar-refractivity contribution in [3.63, 3.8) is 0 Å². The maximum atomic E-state index is 8.62. The predicted molar refractivity (Wildman–Crippen MR) is 92.8 cm³/mol. The number of hydrogen-bond acceptors (Lipinski definition) is 4. The molecule has 0 bridgehead atoms. The van der Waals surface area contributed by atoms with Crippen molar-refractivity contribution < 1.29 is 9.47 Å². The Morgan fingerprint density at radius 1 is 0.560 bits per heavy atom. The van der Waals surface area contributed by atoms with Gasteiger partial charge < -0.3 is 9.47 Å². The van der Waals surface area contributed by atoms with Gasteiger partial charge in [-0.1, -0.05) is 54.6 Å². The third kappa shape index (κ3) is 3.77. The van der Waals surface area contributed by atoms with Crippen LogP contribution in [0.25, 0.3) is 0 Å². The summed E-state index contributed by atoms with van der Waals surface area (Å²) >= 11 is 0. The van der Waals surface area contributed by atoms with Crippen molar-refractivity contribution in [2.75, 3.05) is 0 Å². The van der Waals surface area contributed by atoms with Crippen LogP contribution < -0.4 is 9.47 Å². The topological polar surface area (TPSA) is 66.0 Å². The van der Waals surface area contributed by atoms with Gasteiger partial charge in [0.1, 0.15) is 11.5 Å². The highest BCUT2D eigenvalue weighted by atomic mass is 16.5. The smallest absolute Gasteiger partial charge is 0.292 e. The molecule has 4 nitrogen and oxygen atoms in total. The molecule has 0 aliphatic carbocycles. The Bertz CT molecular complexity index is 846.